The highest BCUT2D eigenvalue weighted by Crippen LogP contribution is 2.32. The van der Waals surface area contributed by atoms with Crippen molar-refractivity contribution >= 4 is 23.2 Å². The standard InChI is InChI=1S/C20H24N2O4/c1-13-7-6-8-17(14(13)2)21-20(24)12-22(15(3)23)18-10-9-16(25-4)11-19(18)26-5/h6-11H,12H2,1-5H3,(H,21,24). The number of hydrogen-bond donors (Lipinski definition) is 1. The van der Waals surface area contributed by atoms with Gasteiger partial charge in [-0.15, -0.1) is 0 Å². The summed E-state index contributed by atoms with van der Waals surface area (Å²) in [5.41, 5.74) is 3.33. The van der Waals surface area contributed by atoms with Crippen molar-refractivity contribution in [2.45, 2.75) is 20.8 Å². The van der Waals surface area contributed by atoms with Gasteiger partial charge in [0.05, 0.1) is 19.9 Å². The van der Waals surface area contributed by atoms with Crippen molar-refractivity contribution in [3.63, 3.8) is 0 Å². The van der Waals surface area contributed by atoms with E-state index in [1.807, 2.05) is 32.0 Å². The molecule has 0 aliphatic carbocycles. The fourth-order valence-corrected chi connectivity index (χ4v) is 2.59. The molecule has 0 radical (unpaired) electrons. The van der Waals surface area contributed by atoms with Gasteiger partial charge >= 0.3 is 0 Å². The van der Waals surface area contributed by atoms with Crippen molar-refractivity contribution in [1.29, 1.82) is 0 Å². The minimum absolute atomic E-state index is 0.120. The first-order valence-electron chi connectivity index (χ1n) is 8.23. The Bertz CT molecular complexity index is 817. The summed E-state index contributed by atoms with van der Waals surface area (Å²) < 4.78 is 10.5. The Balaban J connectivity index is 2.24. The maximum atomic E-state index is 12.5. The summed E-state index contributed by atoms with van der Waals surface area (Å²) in [6, 6.07) is 10.8. The second kappa shape index (κ2) is 8.38. The molecule has 138 valence electrons. The number of benzene rings is 2. The number of carbonyl (C=O) groups is 2. The normalized spacial score (nSPS) is 10.2. The summed E-state index contributed by atoms with van der Waals surface area (Å²) in [7, 11) is 3.06. The summed E-state index contributed by atoms with van der Waals surface area (Å²) in [5.74, 6) is 0.518. The SMILES string of the molecule is COc1ccc(N(CC(=O)Nc2cccc(C)c2C)C(C)=O)c(OC)c1. The van der Waals surface area contributed by atoms with E-state index in [0.717, 1.165) is 16.8 Å². The van der Waals surface area contributed by atoms with Crippen molar-refractivity contribution < 1.29 is 19.1 Å². The Kier molecular flexibility index (Phi) is 6.22. The zero-order valence-corrected chi connectivity index (χ0v) is 15.8. The van der Waals surface area contributed by atoms with Crippen molar-refractivity contribution in [2.75, 3.05) is 31.0 Å². The molecule has 0 bridgehead atoms. The van der Waals surface area contributed by atoms with Crippen molar-refractivity contribution in [3.8, 4) is 11.5 Å². The van der Waals surface area contributed by atoms with Gasteiger partial charge in [0.15, 0.2) is 0 Å². The molecule has 2 rings (SSSR count). The van der Waals surface area contributed by atoms with Crippen LogP contribution in [0.3, 0.4) is 0 Å². The lowest BCUT2D eigenvalue weighted by Gasteiger charge is -2.23. The average molecular weight is 356 g/mol. The van der Waals surface area contributed by atoms with E-state index >= 15 is 0 Å². The first kappa shape index (κ1) is 19.3. The van der Waals surface area contributed by atoms with E-state index < -0.39 is 0 Å². The number of hydrogen-bond acceptors (Lipinski definition) is 4. The van der Waals surface area contributed by atoms with E-state index in [-0.39, 0.29) is 18.4 Å². The number of ether oxygens (including phenoxy) is 2. The van der Waals surface area contributed by atoms with Gasteiger partial charge in [-0.25, -0.2) is 0 Å². The molecular weight excluding hydrogens is 332 g/mol. The minimum atomic E-state index is -0.285. The smallest absolute Gasteiger partial charge is 0.244 e. The van der Waals surface area contributed by atoms with E-state index in [1.54, 1.807) is 25.3 Å². The monoisotopic (exact) mass is 356 g/mol. The average Bonchev–Trinajstić information content (AvgIpc) is 2.63. The first-order chi connectivity index (χ1) is 12.4. The third kappa shape index (κ3) is 4.33. The molecule has 0 saturated carbocycles. The second-order valence-corrected chi connectivity index (χ2v) is 5.94. The van der Waals surface area contributed by atoms with Crippen LogP contribution < -0.4 is 19.7 Å². The number of anilines is 2. The molecule has 0 saturated heterocycles. The molecule has 2 aromatic rings. The van der Waals surface area contributed by atoms with Gasteiger partial charge in [-0.05, 0) is 43.2 Å². The van der Waals surface area contributed by atoms with Crippen LogP contribution in [0.4, 0.5) is 11.4 Å². The lowest BCUT2D eigenvalue weighted by atomic mass is 10.1. The number of nitrogens with one attached hydrogen (secondary N) is 1. The molecule has 2 aromatic carbocycles. The highest BCUT2D eigenvalue weighted by molar-refractivity contribution is 6.02. The van der Waals surface area contributed by atoms with E-state index in [9.17, 15) is 9.59 Å². The predicted molar refractivity (Wildman–Crippen MR) is 102 cm³/mol. The molecule has 26 heavy (non-hydrogen) atoms. The third-order valence-corrected chi connectivity index (χ3v) is 4.24. The van der Waals surface area contributed by atoms with Gasteiger partial charge in [0, 0.05) is 18.7 Å². The number of methoxy groups -OCH3 is 2. The highest BCUT2D eigenvalue weighted by Gasteiger charge is 2.20. The molecule has 0 atom stereocenters. The molecule has 0 unspecified atom stereocenters. The number of amides is 2. The zero-order chi connectivity index (χ0) is 19.3. The molecule has 0 spiro atoms. The summed E-state index contributed by atoms with van der Waals surface area (Å²) in [6.07, 6.45) is 0. The number of nitrogens with zero attached hydrogens (tertiary/aromatic N) is 1. The summed E-state index contributed by atoms with van der Waals surface area (Å²) in [4.78, 5) is 26.0. The van der Waals surface area contributed by atoms with Gasteiger partial charge in [-0.2, -0.15) is 0 Å². The fraction of sp³-hybridized carbons (Fsp3) is 0.300. The molecule has 6 heteroatoms. The first-order valence-corrected chi connectivity index (χ1v) is 8.23. The molecular formula is C20H24N2O4. The number of aryl methyl sites for hydroxylation is 1. The van der Waals surface area contributed by atoms with Crippen LogP contribution in [0, 0.1) is 13.8 Å². The van der Waals surface area contributed by atoms with Crippen LogP contribution in [0.2, 0.25) is 0 Å². The number of rotatable bonds is 6. The van der Waals surface area contributed by atoms with Gasteiger partial charge in [-0.3, -0.25) is 14.5 Å². The van der Waals surface area contributed by atoms with Crippen LogP contribution in [0.25, 0.3) is 0 Å². The molecule has 0 fully saturated rings. The van der Waals surface area contributed by atoms with Crippen LogP contribution in [0.1, 0.15) is 18.1 Å². The van der Waals surface area contributed by atoms with Gasteiger partial charge in [0.1, 0.15) is 18.0 Å². The maximum absolute atomic E-state index is 12.5. The minimum Gasteiger partial charge on any atom is -0.497 e. The van der Waals surface area contributed by atoms with Gasteiger partial charge < -0.3 is 14.8 Å². The Morgan fingerprint density at radius 1 is 1.08 bits per heavy atom. The van der Waals surface area contributed by atoms with Crippen LogP contribution in [0.15, 0.2) is 36.4 Å². The van der Waals surface area contributed by atoms with Gasteiger partial charge in [-0.1, -0.05) is 12.1 Å². The quantitative estimate of drug-likeness (QED) is 0.862. The zero-order valence-electron chi connectivity index (χ0n) is 15.8. The molecule has 6 nitrogen and oxygen atoms in total. The van der Waals surface area contributed by atoms with Crippen LogP contribution >= 0.6 is 0 Å². The van der Waals surface area contributed by atoms with Crippen molar-refractivity contribution in [3.05, 3.63) is 47.5 Å². The molecule has 0 aliphatic rings. The molecule has 0 aromatic heterocycles. The van der Waals surface area contributed by atoms with E-state index in [4.69, 9.17) is 9.47 Å². The Morgan fingerprint density at radius 2 is 1.81 bits per heavy atom. The van der Waals surface area contributed by atoms with Gasteiger partial charge in [0.2, 0.25) is 11.8 Å². The third-order valence-electron chi connectivity index (χ3n) is 4.24. The molecule has 1 N–H and O–H groups in total. The lowest BCUT2D eigenvalue weighted by Crippen LogP contribution is -2.37. The summed E-state index contributed by atoms with van der Waals surface area (Å²) >= 11 is 0. The highest BCUT2D eigenvalue weighted by atomic mass is 16.5. The lowest BCUT2D eigenvalue weighted by molar-refractivity contribution is -0.120. The maximum Gasteiger partial charge on any atom is 0.244 e. The summed E-state index contributed by atoms with van der Waals surface area (Å²) in [5, 5.41) is 2.87. The molecule has 0 aliphatic heterocycles. The molecule has 2 amide bonds. The van der Waals surface area contributed by atoms with Gasteiger partial charge in [0.25, 0.3) is 0 Å². The van der Waals surface area contributed by atoms with E-state index in [1.165, 1.54) is 18.9 Å². The largest absolute Gasteiger partial charge is 0.497 e. The Hall–Kier alpha value is -3.02. The predicted octanol–water partition coefficient (Wildman–Crippen LogP) is 3.31. The molecule has 0 heterocycles. The van der Waals surface area contributed by atoms with Crippen molar-refractivity contribution in [2.24, 2.45) is 0 Å². The van der Waals surface area contributed by atoms with Crippen LogP contribution in [-0.4, -0.2) is 32.6 Å². The Morgan fingerprint density at radius 3 is 2.42 bits per heavy atom. The van der Waals surface area contributed by atoms with E-state index in [2.05, 4.69) is 5.32 Å². The van der Waals surface area contributed by atoms with E-state index in [0.29, 0.717) is 17.2 Å². The van der Waals surface area contributed by atoms with Crippen molar-refractivity contribution in [1.82, 2.24) is 0 Å². The topological polar surface area (TPSA) is 67.9 Å². The Labute approximate surface area is 153 Å². The number of carbonyl (C=O) groups excluding carboxylic acids is 2. The van der Waals surface area contributed by atoms with Crippen LogP contribution in [-0.2, 0) is 9.59 Å². The fourth-order valence-electron chi connectivity index (χ4n) is 2.59. The summed E-state index contributed by atoms with van der Waals surface area (Å²) in [6.45, 7) is 5.22. The van der Waals surface area contributed by atoms with Crippen LogP contribution in [0.5, 0.6) is 11.5 Å². The second-order valence-electron chi connectivity index (χ2n) is 5.94.